The van der Waals surface area contributed by atoms with Gasteiger partial charge in [0.15, 0.2) is 5.16 Å². The van der Waals surface area contributed by atoms with Gasteiger partial charge in [0.2, 0.25) is 5.91 Å². The van der Waals surface area contributed by atoms with Crippen molar-refractivity contribution in [1.82, 2.24) is 9.97 Å². The first-order valence-electron chi connectivity index (χ1n) is 6.28. The maximum absolute atomic E-state index is 11.9. The summed E-state index contributed by atoms with van der Waals surface area (Å²) in [7, 11) is 0. The molecule has 0 aliphatic heterocycles. The Balaban J connectivity index is 1.67. The molecule has 5 nitrogen and oxygen atoms in total. The van der Waals surface area contributed by atoms with E-state index in [0.29, 0.717) is 26.1 Å². The van der Waals surface area contributed by atoms with Crippen molar-refractivity contribution in [3.05, 3.63) is 51.1 Å². The second kappa shape index (κ2) is 6.51. The molecule has 3 rings (SSSR count). The molecule has 112 valence electrons. The minimum atomic E-state index is -0.217. The first kappa shape index (κ1) is 15.1. The number of thiophene rings is 1. The third-order valence-corrected chi connectivity index (χ3v) is 4.89. The second-order valence-corrected chi connectivity index (χ2v) is 6.61. The van der Waals surface area contributed by atoms with Gasteiger partial charge in [-0.05, 0) is 23.6 Å². The number of H-pyrrole nitrogens is 1. The van der Waals surface area contributed by atoms with E-state index >= 15 is 0 Å². The van der Waals surface area contributed by atoms with Gasteiger partial charge in [-0.3, -0.25) is 9.59 Å². The van der Waals surface area contributed by atoms with Crippen LogP contribution in [0.15, 0.2) is 45.7 Å². The number of carbonyl (C=O) groups is 1. The van der Waals surface area contributed by atoms with Crippen LogP contribution >= 0.6 is 34.7 Å². The molecule has 0 unspecified atom stereocenters. The molecular weight excluding hydrogens is 342 g/mol. The summed E-state index contributed by atoms with van der Waals surface area (Å²) in [6.07, 6.45) is 0. The first-order valence-corrected chi connectivity index (χ1v) is 8.52. The maximum Gasteiger partial charge on any atom is 0.269 e. The number of amides is 1. The Hall–Kier alpha value is -1.83. The van der Waals surface area contributed by atoms with E-state index in [9.17, 15) is 9.59 Å². The zero-order chi connectivity index (χ0) is 15.5. The van der Waals surface area contributed by atoms with Crippen LogP contribution in [-0.4, -0.2) is 21.6 Å². The maximum atomic E-state index is 11.9. The summed E-state index contributed by atoms with van der Waals surface area (Å²) >= 11 is 8.49. The Morgan fingerprint density at radius 3 is 3.00 bits per heavy atom. The van der Waals surface area contributed by atoms with Crippen LogP contribution in [0.1, 0.15) is 0 Å². The number of benzene rings is 1. The number of thioether (sulfide) groups is 1. The van der Waals surface area contributed by atoms with Crippen LogP contribution in [0, 0.1) is 0 Å². The number of aromatic amines is 1. The fourth-order valence-corrected chi connectivity index (χ4v) is 3.38. The standard InChI is InChI=1S/C14H10ClN3O2S2/c15-8-3-1-2-4-9(8)16-11(19)7-22-14-17-10-5-6-21-12(10)13(20)18-14/h1-6H,7H2,(H,16,19)(H,17,18,20). The third-order valence-electron chi connectivity index (χ3n) is 2.78. The number of rotatable bonds is 4. The Kier molecular flexibility index (Phi) is 4.47. The summed E-state index contributed by atoms with van der Waals surface area (Å²) in [5, 5.41) is 5.43. The van der Waals surface area contributed by atoms with Crippen molar-refractivity contribution in [1.29, 1.82) is 0 Å². The average Bonchev–Trinajstić information content (AvgIpc) is 2.97. The smallest absolute Gasteiger partial charge is 0.269 e. The molecular formula is C14H10ClN3O2S2. The molecule has 1 amide bonds. The highest BCUT2D eigenvalue weighted by atomic mass is 35.5. The highest BCUT2D eigenvalue weighted by Gasteiger charge is 2.09. The van der Waals surface area contributed by atoms with Gasteiger partial charge in [0.1, 0.15) is 4.70 Å². The number of hydrogen-bond acceptors (Lipinski definition) is 5. The monoisotopic (exact) mass is 351 g/mol. The molecule has 0 aliphatic carbocycles. The predicted molar refractivity (Wildman–Crippen MR) is 91.0 cm³/mol. The van der Waals surface area contributed by atoms with Crippen molar-refractivity contribution in [2.45, 2.75) is 5.16 Å². The van der Waals surface area contributed by atoms with Crippen molar-refractivity contribution < 1.29 is 4.79 Å². The molecule has 22 heavy (non-hydrogen) atoms. The summed E-state index contributed by atoms with van der Waals surface area (Å²) in [4.78, 5) is 30.7. The van der Waals surface area contributed by atoms with Crippen LogP contribution in [0.25, 0.3) is 10.2 Å². The number of aromatic nitrogens is 2. The summed E-state index contributed by atoms with van der Waals surface area (Å²) in [6, 6.07) is 8.79. The zero-order valence-corrected chi connectivity index (χ0v) is 13.5. The molecule has 2 aromatic heterocycles. The summed E-state index contributed by atoms with van der Waals surface area (Å²) in [6.45, 7) is 0. The van der Waals surface area contributed by atoms with Crippen molar-refractivity contribution in [3.8, 4) is 0 Å². The third kappa shape index (κ3) is 3.32. The lowest BCUT2D eigenvalue weighted by Crippen LogP contribution is -2.15. The molecule has 8 heteroatoms. The van der Waals surface area contributed by atoms with E-state index in [-0.39, 0.29) is 17.2 Å². The molecule has 3 aromatic rings. The van der Waals surface area contributed by atoms with Crippen LogP contribution in [0.4, 0.5) is 5.69 Å². The van der Waals surface area contributed by atoms with Gasteiger partial charge in [0, 0.05) is 0 Å². The number of para-hydroxylation sites is 1. The summed E-state index contributed by atoms with van der Waals surface area (Å²) in [5.74, 6) is -0.0877. The fraction of sp³-hybridized carbons (Fsp3) is 0.0714. The van der Waals surface area contributed by atoms with Crippen LogP contribution in [0.2, 0.25) is 5.02 Å². The number of carbonyl (C=O) groups excluding carboxylic acids is 1. The van der Waals surface area contributed by atoms with Gasteiger partial charge in [0.05, 0.1) is 22.0 Å². The van der Waals surface area contributed by atoms with Crippen LogP contribution < -0.4 is 10.9 Å². The van der Waals surface area contributed by atoms with E-state index in [2.05, 4.69) is 15.3 Å². The fourth-order valence-electron chi connectivity index (χ4n) is 1.80. The van der Waals surface area contributed by atoms with Crippen LogP contribution in [-0.2, 0) is 4.79 Å². The Bertz CT molecular complexity index is 891. The number of nitrogens with one attached hydrogen (secondary N) is 2. The first-order chi connectivity index (χ1) is 10.6. The van der Waals surface area contributed by atoms with Gasteiger partial charge in [-0.25, -0.2) is 4.98 Å². The van der Waals surface area contributed by atoms with Crippen LogP contribution in [0.3, 0.4) is 0 Å². The van der Waals surface area contributed by atoms with Crippen molar-refractivity contribution >= 4 is 56.5 Å². The van der Waals surface area contributed by atoms with Gasteiger partial charge >= 0.3 is 0 Å². The number of fused-ring (bicyclic) bond motifs is 1. The van der Waals surface area contributed by atoms with Gasteiger partial charge in [-0.2, -0.15) is 0 Å². The Morgan fingerprint density at radius 1 is 1.36 bits per heavy atom. The minimum absolute atomic E-state index is 0.129. The molecule has 0 saturated heterocycles. The van der Waals surface area contributed by atoms with Crippen molar-refractivity contribution in [3.63, 3.8) is 0 Å². The van der Waals surface area contributed by atoms with E-state index in [0.717, 1.165) is 0 Å². The topological polar surface area (TPSA) is 74.8 Å². The summed E-state index contributed by atoms with van der Waals surface area (Å²) in [5.41, 5.74) is 1.02. The van der Waals surface area contributed by atoms with E-state index < -0.39 is 0 Å². The van der Waals surface area contributed by atoms with Gasteiger partial charge in [-0.1, -0.05) is 35.5 Å². The molecule has 0 atom stereocenters. The lowest BCUT2D eigenvalue weighted by atomic mass is 10.3. The predicted octanol–water partition coefficient (Wildman–Crippen LogP) is 3.37. The lowest BCUT2D eigenvalue weighted by Gasteiger charge is -2.06. The van der Waals surface area contributed by atoms with Gasteiger partial charge < -0.3 is 10.3 Å². The highest BCUT2D eigenvalue weighted by molar-refractivity contribution is 7.99. The molecule has 0 fully saturated rings. The summed E-state index contributed by atoms with van der Waals surface area (Å²) < 4.78 is 0.588. The Morgan fingerprint density at radius 2 is 2.18 bits per heavy atom. The SMILES string of the molecule is O=C(CSc1nc2ccsc2c(=O)[nH]1)Nc1ccccc1Cl. The van der Waals surface area contributed by atoms with E-state index in [1.165, 1.54) is 23.1 Å². The highest BCUT2D eigenvalue weighted by Crippen LogP contribution is 2.22. The molecule has 0 bridgehead atoms. The largest absolute Gasteiger partial charge is 0.324 e. The molecule has 2 N–H and O–H groups in total. The zero-order valence-electron chi connectivity index (χ0n) is 11.1. The number of hydrogen-bond donors (Lipinski definition) is 2. The number of halogens is 1. The second-order valence-electron chi connectivity index (χ2n) is 4.32. The minimum Gasteiger partial charge on any atom is -0.324 e. The normalized spacial score (nSPS) is 10.8. The molecule has 0 spiro atoms. The van der Waals surface area contributed by atoms with Gasteiger partial charge in [0.25, 0.3) is 5.56 Å². The van der Waals surface area contributed by atoms with E-state index in [1.807, 2.05) is 5.38 Å². The van der Waals surface area contributed by atoms with Gasteiger partial charge in [-0.15, -0.1) is 11.3 Å². The average molecular weight is 352 g/mol. The van der Waals surface area contributed by atoms with Crippen molar-refractivity contribution in [2.24, 2.45) is 0 Å². The van der Waals surface area contributed by atoms with E-state index in [1.54, 1.807) is 30.3 Å². The van der Waals surface area contributed by atoms with Crippen LogP contribution in [0.5, 0.6) is 0 Å². The van der Waals surface area contributed by atoms with E-state index in [4.69, 9.17) is 11.6 Å². The molecule has 0 saturated carbocycles. The Labute approximate surface area is 138 Å². The molecule has 1 aromatic carbocycles. The lowest BCUT2D eigenvalue weighted by molar-refractivity contribution is -0.113. The molecule has 2 heterocycles. The van der Waals surface area contributed by atoms with Crippen molar-refractivity contribution in [2.75, 3.05) is 11.1 Å². The molecule has 0 radical (unpaired) electrons. The quantitative estimate of drug-likeness (QED) is 0.558. The molecule has 0 aliphatic rings. The number of nitrogens with zero attached hydrogens (tertiary/aromatic N) is 1. The number of anilines is 1.